The number of ketones is 1. The molecule has 0 radical (unpaired) electrons. The number of hydrogen-bond donors (Lipinski definition) is 0. The summed E-state index contributed by atoms with van der Waals surface area (Å²) in [6, 6.07) is 14.7. The van der Waals surface area contributed by atoms with E-state index < -0.39 is 5.97 Å². The van der Waals surface area contributed by atoms with Gasteiger partial charge < -0.3 is 4.84 Å². The third kappa shape index (κ3) is 5.26. The summed E-state index contributed by atoms with van der Waals surface area (Å²) in [6.45, 7) is 8.09. The number of fused-ring (bicyclic) bond motifs is 3. The van der Waals surface area contributed by atoms with Crippen LogP contribution in [0, 0.1) is 0 Å². The Kier molecular flexibility index (Phi) is 8.60. The first kappa shape index (κ1) is 24.9. The van der Waals surface area contributed by atoms with Crippen LogP contribution in [0.25, 0.3) is 11.1 Å². The molecule has 0 amide bonds. The zero-order valence-electron chi connectivity index (χ0n) is 20.6. The summed E-state index contributed by atoms with van der Waals surface area (Å²) < 4.78 is 0. The topological polar surface area (TPSA) is 55.7 Å². The second-order valence-corrected chi connectivity index (χ2v) is 9.17. The smallest absolute Gasteiger partial charge is 0.318 e. The molecule has 0 N–H and O–H groups in total. The van der Waals surface area contributed by atoms with Gasteiger partial charge in [0.1, 0.15) is 5.71 Å². The Balaban J connectivity index is 1.98. The van der Waals surface area contributed by atoms with E-state index in [1.165, 1.54) is 22.3 Å². The first-order valence-electron chi connectivity index (χ1n) is 12.5. The Hall–Kier alpha value is -2.75. The minimum atomic E-state index is -0.397. The number of Topliss-reactive ketones (excluding diaryl/α,β-unsaturated/α-hetero) is 1. The van der Waals surface area contributed by atoms with E-state index in [-0.39, 0.29) is 16.9 Å². The molecule has 4 heteroatoms. The van der Waals surface area contributed by atoms with Gasteiger partial charge in [0.15, 0.2) is 0 Å². The van der Waals surface area contributed by atoms with Gasteiger partial charge in [-0.3, -0.25) is 4.79 Å². The normalized spacial score (nSPS) is 14.0. The van der Waals surface area contributed by atoms with Crippen LogP contribution in [0.15, 0.2) is 47.6 Å². The highest BCUT2D eigenvalue weighted by Crippen LogP contribution is 2.54. The van der Waals surface area contributed by atoms with Crippen molar-refractivity contribution in [1.82, 2.24) is 0 Å². The highest BCUT2D eigenvalue weighted by Gasteiger charge is 2.42. The van der Waals surface area contributed by atoms with Crippen molar-refractivity contribution in [3.63, 3.8) is 0 Å². The second-order valence-electron chi connectivity index (χ2n) is 9.17. The maximum Gasteiger partial charge on any atom is 0.335 e. The SMILES string of the molecule is CCCCC(=O)O/N=C(/C)C(=O)c1ccc2c(c1)C(CCCC)(CCCC)c1ccccc1-2. The minimum Gasteiger partial charge on any atom is -0.318 e. The molecule has 0 atom stereocenters. The maximum absolute atomic E-state index is 13.2. The van der Waals surface area contributed by atoms with Gasteiger partial charge in [-0.2, -0.15) is 0 Å². The molecule has 0 bridgehead atoms. The van der Waals surface area contributed by atoms with Gasteiger partial charge >= 0.3 is 5.97 Å². The summed E-state index contributed by atoms with van der Waals surface area (Å²) in [6.07, 6.45) is 8.69. The van der Waals surface area contributed by atoms with Gasteiger partial charge in [0.2, 0.25) is 5.78 Å². The molecule has 0 fully saturated rings. The van der Waals surface area contributed by atoms with Crippen molar-refractivity contribution >= 4 is 17.5 Å². The molecule has 0 saturated carbocycles. The predicted octanol–water partition coefficient (Wildman–Crippen LogP) is 7.63. The Labute approximate surface area is 198 Å². The number of nitrogens with zero attached hydrogens (tertiary/aromatic N) is 1. The third-order valence-corrected chi connectivity index (χ3v) is 6.79. The van der Waals surface area contributed by atoms with Crippen molar-refractivity contribution in [2.45, 2.75) is 90.9 Å². The summed E-state index contributed by atoms with van der Waals surface area (Å²) in [7, 11) is 0. The third-order valence-electron chi connectivity index (χ3n) is 6.79. The second kappa shape index (κ2) is 11.4. The lowest BCUT2D eigenvalue weighted by atomic mass is 9.70. The number of hydrogen-bond acceptors (Lipinski definition) is 4. The lowest BCUT2D eigenvalue weighted by Crippen LogP contribution is -2.26. The highest BCUT2D eigenvalue weighted by atomic mass is 16.7. The first-order valence-corrected chi connectivity index (χ1v) is 12.5. The molecule has 1 aliphatic carbocycles. The fraction of sp³-hybridized carbons (Fsp3) is 0.483. The van der Waals surface area contributed by atoms with Crippen LogP contribution in [0.3, 0.4) is 0 Å². The van der Waals surface area contributed by atoms with E-state index >= 15 is 0 Å². The fourth-order valence-corrected chi connectivity index (χ4v) is 4.95. The van der Waals surface area contributed by atoms with Crippen LogP contribution in [-0.2, 0) is 15.0 Å². The quantitative estimate of drug-likeness (QED) is 0.145. The van der Waals surface area contributed by atoms with Crippen molar-refractivity contribution in [3.8, 4) is 11.1 Å². The van der Waals surface area contributed by atoms with Crippen LogP contribution < -0.4 is 0 Å². The molecule has 0 heterocycles. The first-order chi connectivity index (χ1) is 16.0. The largest absolute Gasteiger partial charge is 0.335 e. The number of carbonyl (C=O) groups is 2. The van der Waals surface area contributed by atoms with Crippen LogP contribution >= 0.6 is 0 Å². The van der Waals surface area contributed by atoms with Gasteiger partial charge in [-0.15, -0.1) is 0 Å². The fourth-order valence-electron chi connectivity index (χ4n) is 4.95. The van der Waals surface area contributed by atoms with E-state index in [0.29, 0.717) is 12.0 Å². The average molecular weight is 448 g/mol. The molecule has 1 aliphatic rings. The predicted molar refractivity (Wildman–Crippen MR) is 135 cm³/mol. The molecule has 33 heavy (non-hydrogen) atoms. The van der Waals surface area contributed by atoms with E-state index in [0.717, 1.165) is 51.4 Å². The summed E-state index contributed by atoms with van der Waals surface area (Å²) >= 11 is 0. The van der Waals surface area contributed by atoms with Crippen LogP contribution in [0.5, 0.6) is 0 Å². The van der Waals surface area contributed by atoms with Crippen molar-refractivity contribution in [1.29, 1.82) is 0 Å². The Bertz CT molecular complexity index is 1010. The number of carbonyl (C=O) groups excluding carboxylic acids is 2. The Morgan fingerprint density at radius 1 is 0.848 bits per heavy atom. The summed E-state index contributed by atoms with van der Waals surface area (Å²) in [4.78, 5) is 29.9. The van der Waals surface area contributed by atoms with Crippen molar-refractivity contribution in [2.24, 2.45) is 5.16 Å². The molecule has 176 valence electrons. The van der Waals surface area contributed by atoms with E-state index in [4.69, 9.17) is 4.84 Å². The number of benzene rings is 2. The molecule has 4 nitrogen and oxygen atoms in total. The molecule has 0 saturated heterocycles. The monoisotopic (exact) mass is 447 g/mol. The molecule has 2 aromatic rings. The molecule has 0 aromatic heterocycles. The Morgan fingerprint density at radius 2 is 1.48 bits per heavy atom. The van der Waals surface area contributed by atoms with Crippen molar-refractivity contribution in [3.05, 3.63) is 59.2 Å². The summed E-state index contributed by atoms with van der Waals surface area (Å²) in [5.41, 5.74) is 5.90. The molecule has 0 spiro atoms. The van der Waals surface area contributed by atoms with E-state index in [1.807, 2.05) is 13.0 Å². The average Bonchev–Trinajstić information content (AvgIpc) is 3.12. The van der Waals surface area contributed by atoms with Crippen LogP contribution in [0.1, 0.15) is 107 Å². The van der Waals surface area contributed by atoms with Gasteiger partial charge in [-0.1, -0.05) is 94.4 Å². The maximum atomic E-state index is 13.2. The van der Waals surface area contributed by atoms with Crippen LogP contribution in [-0.4, -0.2) is 17.5 Å². The molecular weight excluding hydrogens is 410 g/mol. The molecule has 0 unspecified atom stereocenters. The number of rotatable bonds is 12. The minimum absolute atomic E-state index is 0.0636. The standard InChI is InChI=1S/C29H37NO3/c1-5-8-15-27(31)33-30-21(4)28(32)22-16-17-24-23-13-11-12-14-25(23)29(18-9-6-2,19-10-7-3)26(24)20-22/h11-14,16-17,20H,5-10,15,18-19H2,1-4H3/b30-21-. The van der Waals surface area contributed by atoms with E-state index in [9.17, 15) is 9.59 Å². The van der Waals surface area contributed by atoms with Gasteiger partial charge in [-0.25, -0.2) is 4.79 Å². The van der Waals surface area contributed by atoms with Gasteiger partial charge in [0, 0.05) is 17.4 Å². The van der Waals surface area contributed by atoms with Gasteiger partial charge in [-0.05, 0) is 54.5 Å². The van der Waals surface area contributed by atoms with Crippen molar-refractivity contribution in [2.75, 3.05) is 0 Å². The lowest BCUT2D eigenvalue weighted by molar-refractivity contribution is -0.143. The zero-order chi connectivity index (χ0) is 23.8. The van der Waals surface area contributed by atoms with E-state index in [2.05, 4.69) is 55.4 Å². The van der Waals surface area contributed by atoms with Crippen LogP contribution in [0.4, 0.5) is 0 Å². The molecule has 0 aliphatic heterocycles. The lowest BCUT2D eigenvalue weighted by Gasteiger charge is -2.32. The van der Waals surface area contributed by atoms with E-state index in [1.54, 1.807) is 6.92 Å². The van der Waals surface area contributed by atoms with Crippen LogP contribution in [0.2, 0.25) is 0 Å². The summed E-state index contributed by atoms with van der Waals surface area (Å²) in [5.74, 6) is -0.594. The number of oxime groups is 1. The number of unbranched alkanes of at least 4 members (excludes halogenated alkanes) is 3. The summed E-state index contributed by atoms with van der Waals surface area (Å²) in [5, 5.41) is 3.84. The van der Waals surface area contributed by atoms with Gasteiger partial charge in [0.25, 0.3) is 0 Å². The highest BCUT2D eigenvalue weighted by molar-refractivity contribution is 6.45. The van der Waals surface area contributed by atoms with Gasteiger partial charge in [0.05, 0.1) is 0 Å². The molecule has 2 aromatic carbocycles. The molecule has 3 rings (SSSR count). The zero-order valence-corrected chi connectivity index (χ0v) is 20.6. The van der Waals surface area contributed by atoms with Crippen molar-refractivity contribution < 1.29 is 14.4 Å². The Morgan fingerprint density at radius 3 is 2.15 bits per heavy atom. The molecular formula is C29H37NO3.